The molecule has 17 heavy (non-hydrogen) atoms. The minimum atomic E-state index is -0.928. The highest BCUT2D eigenvalue weighted by atomic mass is 16.3. The first-order valence-electron chi connectivity index (χ1n) is 5.71. The summed E-state index contributed by atoms with van der Waals surface area (Å²) < 4.78 is 0. The van der Waals surface area contributed by atoms with Gasteiger partial charge in [0.05, 0.1) is 12.0 Å². The van der Waals surface area contributed by atoms with E-state index in [2.05, 4.69) is 11.2 Å². The van der Waals surface area contributed by atoms with Crippen LogP contribution in [0, 0.1) is 12.3 Å². The van der Waals surface area contributed by atoms with Crippen molar-refractivity contribution in [3.8, 4) is 12.3 Å². The van der Waals surface area contributed by atoms with Crippen LogP contribution in [0.15, 0.2) is 0 Å². The van der Waals surface area contributed by atoms with Crippen LogP contribution < -0.4 is 11.1 Å². The van der Waals surface area contributed by atoms with Crippen LogP contribution in [-0.4, -0.2) is 28.6 Å². The molecule has 0 radical (unpaired) electrons. The molecule has 94 valence electrons. The molecular formula is C12H18N2O3. The number of carbonyl (C=O) groups is 2. The van der Waals surface area contributed by atoms with Gasteiger partial charge in [0, 0.05) is 6.42 Å². The summed E-state index contributed by atoms with van der Waals surface area (Å²) in [6.07, 6.45) is 8.24. The van der Waals surface area contributed by atoms with Gasteiger partial charge in [-0.25, -0.2) is 0 Å². The molecule has 1 aliphatic rings. The lowest BCUT2D eigenvalue weighted by Crippen LogP contribution is -2.46. The van der Waals surface area contributed by atoms with Crippen molar-refractivity contribution in [3.63, 3.8) is 0 Å². The maximum Gasteiger partial charge on any atom is 0.240 e. The van der Waals surface area contributed by atoms with Crippen molar-refractivity contribution in [2.45, 2.75) is 50.2 Å². The van der Waals surface area contributed by atoms with Crippen molar-refractivity contribution in [3.05, 3.63) is 0 Å². The minimum absolute atomic E-state index is 0.00134. The summed E-state index contributed by atoms with van der Waals surface area (Å²) in [5.41, 5.74) is 4.17. The van der Waals surface area contributed by atoms with Crippen molar-refractivity contribution in [2.75, 3.05) is 0 Å². The van der Waals surface area contributed by atoms with Crippen LogP contribution in [-0.2, 0) is 9.59 Å². The largest absolute Gasteiger partial charge is 0.389 e. The third kappa shape index (κ3) is 4.08. The number of hydrogen-bond donors (Lipinski definition) is 3. The second kappa shape index (κ2) is 5.69. The molecule has 1 atom stereocenters. The van der Waals surface area contributed by atoms with E-state index in [-0.39, 0.29) is 18.7 Å². The Morgan fingerprint density at radius 3 is 2.53 bits per heavy atom. The van der Waals surface area contributed by atoms with E-state index in [0.29, 0.717) is 12.8 Å². The monoisotopic (exact) mass is 238 g/mol. The molecule has 0 aliphatic heterocycles. The lowest BCUT2D eigenvalue weighted by Gasteiger charge is -2.22. The summed E-state index contributed by atoms with van der Waals surface area (Å²) in [7, 11) is 0. The number of nitrogens with two attached hydrogens (primary N) is 1. The van der Waals surface area contributed by atoms with E-state index >= 15 is 0 Å². The van der Waals surface area contributed by atoms with E-state index in [4.69, 9.17) is 12.2 Å². The molecule has 1 rings (SSSR count). The molecule has 1 saturated carbocycles. The fraction of sp³-hybridized carbons (Fsp3) is 0.667. The third-order valence-electron chi connectivity index (χ3n) is 3.02. The summed E-state index contributed by atoms with van der Waals surface area (Å²) in [5, 5.41) is 12.5. The summed E-state index contributed by atoms with van der Waals surface area (Å²) in [4.78, 5) is 22.6. The van der Waals surface area contributed by atoms with Gasteiger partial charge in [0.15, 0.2) is 0 Å². The Balaban J connectivity index is 2.47. The molecule has 0 aromatic rings. The van der Waals surface area contributed by atoms with E-state index in [0.717, 1.165) is 12.8 Å². The van der Waals surface area contributed by atoms with E-state index in [1.165, 1.54) is 0 Å². The zero-order valence-electron chi connectivity index (χ0n) is 9.74. The molecular weight excluding hydrogens is 220 g/mol. The molecule has 5 nitrogen and oxygen atoms in total. The van der Waals surface area contributed by atoms with E-state index in [1.807, 2.05) is 0 Å². The Morgan fingerprint density at radius 1 is 1.47 bits per heavy atom. The van der Waals surface area contributed by atoms with E-state index < -0.39 is 17.6 Å². The zero-order chi connectivity index (χ0) is 12.9. The van der Waals surface area contributed by atoms with Crippen molar-refractivity contribution in [1.82, 2.24) is 5.32 Å². The van der Waals surface area contributed by atoms with Crippen LogP contribution >= 0.6 is 0 Å². The van der Waals surface area contributed by atoms with Gasteiger partial charge in [-0.15, -0.1) is 12.3 Å². The van der Waals surface area contributed by atoms with E-state index in [1.54, 1.807) is 0 Å². The number of hydrogen-bond acceptors (Lipinski definition) is 3. The van der Waals surface area contributed by atoms with Crippen molar-refractivity contribution in [1.29, 1.82) is 0 Å². The van der Waals surface area contributed by atoms with Gasteiger partial charge < -0.3 is 16.2 Å². The lowest BCUT2D eigenvalue weighted by molar-refractivity contribution is -0.130. The molecule has 0 aromatic heterocycles. The predicted octanol–water partition coefficient (Wildman–Crippen LogP) is -0.325. The SMILES string of the molecule is C#CCC(NC(=O)CC1(O)CCCC1)C(N)=O. The first-order chi connectivity index (χ1) is 7.97. The van der Waals surface area contributed by atoms with Gasteiger partial charge in [-0.1, -0.05) is 12.8 Å². The van der Waals surface area contributed by atoms with Crippen LogP contribution in [0.3, 0.4) is 0 Å². The van der Waals surface area contributed by atoms with Crippen LogP contribution in [0.2, 0.25) is 0 Å². The smallest absolute Gasteiger partial charge is 0.240 e. The maximum absolute atomic E-state index is 11.6. The third-order valence-corrected chi connectivity index (χ3v) is 3.02. The Labute approximate surface area is 101 Å². The average molecular weight is 238 g/mol. The Kier molecular flexibility index (Phi) is 4.53. The summed E-state index contributed by atoms with van der Waals surface area (Å²) in [6.45, 7) is 0. The predicted molar refractivity (Wildman–Crippen MR) is 62.6 cm³/mol. The Morgan fingerprint density at radius 2 is 2.06 bits per heavy atom. The first kappa shape index (κ1) is 13.5. The van der Waals surface area contributed by atoms with Crippen LogP contribution in [0.5, 0.6) is 0 Å². The average Bonchev–Trinajstić information content (AvgIpc) is 2.63. The van der Waals surface area contributed by atoms with Gasteiger partial charge in [-0.3, -0.25) is 9.59 Å². The Hall–Kier alpha value is -1.54. The van der Waals surface area contributed by atoms with E-state index in [9.17, 15) is 14.7 Å². The minimum Gasteiger partial charge on any atom is -0.389 e. The molecule has 4 N–H and O–H groups in total. The molecule has 5 heteroatoms. The lowest BCUT2D eigenvalue weighted by atomic mass is 9.97. The summed E-state index contributed by atoms with van der Waals surface area (Å²) >= 11 is 0. The van der Waals surface area contributed by atoms with Gasteiger partial charge in [0.25, 0.3) is 0 Å². The molecule has 0 bridgehead atoms. The first-order valence-corrected chi connectivity index (χ1v) is 5.71. The van der Waals surface area contributed by atoms with Crippen LogP contribution in [0.25, 0.3) is 0 Å². The van der Waals surface area contributed by atoms with Crippen LogP contribution in [0.4, 0.5) is 0 Å². The number of terminal acetylenes is 1. The number of primary amides is 1. The van der Waals surface area contributed by atoms with Gasteiger partial charge in [0.1, 0.15) is 6.04 Å². The molecule has 0 saturated heterocycles. The van der Waals surface area contributed by atoms with Gasteiger partial charge in [-0.2, -0.15) is 0 Å². The number of nitrogens with one attached hydrogen (secondary N) is 1. The zero-order valence-corrected chi connectivity index (χ0v) is 9.74. The number of rotatable bonds is 5. The second-order valence-electron chi connectivity index (χ2n) is 4.54. The maximum atomic E-state index is 11.6. The topological polar surface area (TPSA) is 92.4 Å². The molecule has 1 aliphatic carbocycles. The number of amides is 2. The van der Waals surface area contributed by atoms with Crippen LogP contribution in [0.1, 0.15) is 38.5 Å². The highest BCUT2D eigenvalue weighted by Crippen LogP contribution is 2.32. The Bertz CT molecular complexity index is 340. The second-order valence-corrected chi connectivity index (χ2v) is 4.54. The molecule has 0 aromatic carbocycles. The fourth-order valence-corrected chi connectivity index (χ4v) is 2.09. The number of carbonyl (C=O) groups excluding carboxylic acids is 2. The summed E-state index contributed by atoms with van der Waals surface area (Å²) in [6, 6.07) is -0.850. The number of aliphatic hydroxyl groups is 1. The molecule has 2 amide bonds. The van der Waals surface area contributed by atoms with Gasteiger partial charge >= 0.3 is 0 Å². The van der Waals surface area contributed by atoms with Crippen molar-refractivity contribution in [2.24, 2.45) is 5.73 Å². The van der Waals surface area contributed by atoms with Crippen molar-refractivity contribution < 1.29 is 14.7 Å². The quantitative estimate of drug-likeness (QED) is 0.573. The molecule has 1 fully saturated rings. The molecule has 1 unspecified atom stereocenters. The highest BCUT2D eigenvalue weighted by molar-refractivity contribution is 5.87. The van der Waals surface area contributed by atoms with Gasteiger partial charge in [-0.05, 0) is 12.8 Å². The standard InChI is InChI=1S/C12H18N2O3/c1-2-5-9(11(13)16)14-10(15)8-12(17)6-3-4-7-12/h1,9,17H,3-8H2,(H2,13,16)(H,14,15). The van der Waals surface area contributed by atoms with Crippen molar-refractivity contribution >= 4 is 11.8 Å². The fourth-order valence-electron chi connectivity index (χ4n) is 2.09. The van der Waals surface area contributed by atoms with Gasteiger partial charge in [0.2, 0.25) is 11.8 Å². The molecule has 0 spiro atoms. The highest BCUT2D eigenvalue weighted by Gasteiger charge is 2.34. The molecule has 0 heterocycles. The summed E-state index contributed by atoms with van der Waals surface area (Å²) in [5.74, 6) is 1.24. The normalized spacial score (nSPS) is 19.3.